The number of hydrogen-bond acceptors (Lipinski definition) is 4. The number of ether oxygens (including phenoxy) is 1. The second-order valence-corrected chi connectivity index (χ2v) is 6.52. The number of benzene rings is 2. The maximum Gasteiger partial charge on any atom is 0.404 e. The zero-order valence-electron chi connectivity index (χ0n) is 14.4. The summed E-state index contributed by atoms with van der Waals surface area (Å²) in [4.78, 5) is 13.1. The molecule has 0 bridgehead atoms. The van der Waals surface area contributed by atoms with E-state index in [1.54, 1.807) is 23.0 Å². The lowest BCUT2D eigenvalue weighted by Gasteiger charge is -2.21. The minimum Gasteiger partial charge on any atom is -0.444 e. The number of anilines is 1. The lowest BCUT2D eigenvalue weighted by molar-refractivity contribution is 0.117. The highest BCUT2D eigenvalue weighted by atomic mass is 19.1. The number of rotatable bonds is 3. The minimum atomic E-state index is -0.732. The Kier molecular flexibility index (Phi) is 3.99. The molecule has 0 spiro atoms. The third-order valence-electron chi connectivity index (χ3n) is 4.73. The van der Waals surface area contributed by atoms with Crippen molar-refractivity contribution < 1.29 is 13.9 Å². The van der Waals surface area contributed by atoms with Gasteiger partial charge in [-0.3, -0.25) is 0 Å². The summed E-state index contributed by atoms with van der Waals surface area (Å²) in [5.74, 6) is -0.273. The number of carbonyl (C=O) groups excluding carboxylic acids is 1. The van der Waals surface area contributed by atoms with Crippen molar-refractivity contribution in [3.05, 3.63) is 54.0 Å². The van der Waals surface area contributed by atoms with Crippen LogP contribution in [0.2, 0.25) is 0 Å². The van der Waals surface area contributed by atoms with E-state index in [0.717, 1.165) is 40.8 Å². The number of carbonyl (C=O) groups is 1. The molecule has 26 heavy (non-hydrogen) atoms. The van der Waals surface area contributed by atoms with Gasteiger partial charge in [0.2, 0.25) is 0 Å². The molecule has 2 aromatic carbocycles. The maximum atomic E-state index is 13.2. The van der Waals surface area contributed by atoms with Gasteiger partial charge in [-0.25, -0.2) is 13.9 Å². The van der Waals surface area contributed by atoms with Crippen LogP contribution >= 0.6 is 0 Å². The molecule has 2 N–H and O–H groups in total. The molecule has 0 radical (unpaired) electrons. The normalized spacial score (nSPS) is 17.0. The Hall–Kier alpha value is -3.09. The molecule has 6 nitrogen and oxygen atoms in total. The van der Waals surface area contributed by atoms with E-state index in [0.29, 0.717) is 6.54 Å². The van der Waals surface area contributed by atoms with Gasteiger partial charge in [0.05, 0.1) is 23.9 Å². The summed E-state index contributed by atoms with van der Waals surface area (Å²) in [7, 11) is 0. The molecule has 3 aromatic rings. The standard InChI is InChI=1S/C19H19FN4O2/c1-12-8-18-13(10-22-24(18)15-4-2-14(20)3-5-15)9-17(12)23-7-6-16(11-23)26-19(21)25/h2-5,8-10,16H,6-7,11H2,1H3,(H2,21,25)/t16-/m0/s1. The third kappa shape index (κ3) is 2.96. The second-order valence-electron chi connectivity index (χ2n) is 6.52. The molecule has 1 aliphatic heterocycles. The van der Waals surface area contributed by atoms with Crippen LogP contribution in [0.5, 0.6) is 0 Å². The summed E-state index contributed by atoms with van der Waals surface area (Å²) in [6.07, 6.45) is 1.65. The molecule has 1 atom stereocenters. The van der Waals surface area contributed by atoms with E-state index in [-0.39, 0.29) is 11.9 Å². The van der Waals surface area contributed by atoms with Gasteiger partial charge in [-0.05, 0) is 48.9 Å². The first kappa shape index (κ1) is 16.4. The van der Waals surface area contributed by atoms with Crippen LogP contribution in [0.25, 0.3) is 16.6 Å². The predicted molar refractivity (Wildman–Crippen MR) is 97.1 cm³/mol. The van der Waals surface area contributed by atoms with Crippen LogP contribution < -0.4 is 10.6 Å². The Morgan fingerprint density at radius 2 is 2.08 bits per heavy atom. The van der Waals surface area contributed by atoms with E-state index < -0.39 is 6.09 Å². The van der Waals surface area contributed by atoms with Gasteiger partial charge in [-0.2, -0.15) is 5.10 Å². The molecule has 2 heterocycles. The summed E-state index contributed by atoms with van der Waals surface area (Å²) in [6.45, 7) is 3.47. The zero-order chi connectivity index (χ0) is 18.3. The van der Waals surface area contributed by atoms with Crippen LogP contribution in [0.3, 0.4) is 0 Å². The van der Waals surface area contributed by atoms with Crippen molar-refractivity contribution >= 4 is 22.7 Å². The molecular weight excluding hydrogens is 335 g/mol. The van der Waals surface area contributed by atoms with Gasteiger partial charge >= 0.3 is 6.09 Å². The van der Waals surface area contributed by atoms with Crippen molar-refractivity contribution in [1.82, 2.24) is 9.78 Å². The van der Waals surface area contributed by atoms with Crippen molar-refractivity contribution in [2.24, 2.45) is 5.73 Å². The Bertz CT molecular complexity index is 968. The molecule has 1 fully saturated rings. The van der Waals surface area contributed by atoms with Gasteiger partial charge in [0.1, 0.15) is 11.9 Å². The van der Waals surface area contributed by atoms with Gasteiger partial charge < -0.3 is 15.4 Å². The summed E-state index contributed by atoms with van der Waals surface area (Å²) in [5, 5.41) is 5.44. The summed E-state index contributed by atoms with van der Waals surface area (Å²) < 4.78 is 20.1. The van der Waals surface area contributed by atoms with Crippen molar-refractivity contribution in [2.75, 3.05) is 18.0 Å². The van der Waals surface area contributed by atoms with E-state index in [1.807, 2.05) is 6.92 Å². The SMILES string of the molecule is Cc1cc2c(cnn2-c2ccc(F)cc2)cc1N1CC[C@H](OC(N)=O)C1. The van der Waals surface area contributed by atoms with Gasteiger partial charge in [-0.1, -0.05) is 0 Å². The fourth-order valence-electron chi connectivity index (χ4n) is 3.50. The Morgan fingerprint density at radius 1 is 1.31 bits per heavy atom. The monoisotopic (exact) mass is 354 g/mol. The first-order valence-electron chi connectivity index (χ1n) is 8.46. The lowest BCUT2D eigenvalue weighted by atomic mass is 10.1. The molecule has 4 rings (SSSR count). The van der Waals surface area contributed by atoms with Gasteiger partial charge in [0.15, 0.2) is 0 Å². The van der Waals surface area contributed by atoms with Crippen molar-refractivity contribution in [2.45, 2.75) is 19.4 Å². The fourth-order valence-corrected chi connectivity index (χ4v) is 3.50. The number of fused-ring (bicyclic) bond motifs is 1. The lowest BCUT2D eigenvalue weighted by Crippen LogP contribution is -2.27. The largest absolute Gasteiger partial charge is 0.444 e. The van der Waals surface area contributed by atoms with E-state index in [4.69, 9.17) is 10.5 Å². The van der Waals surface area contributed by atoms with Crippen molar-refractivity contribution in [3.63, 3.8) is 0 Å². The highest BCUT2D eigenvalue weighted by molar-refractivity contribution is 5.86. The first-order chi connectivity index (χ1) is 12.5. The molecule has 0 aliphatic carbocycles. The maximum absolute atomic E-state index is 13.2. The number of aromatic nitrogens is 2. The minimum absolute atomic E-state index is 0.176. The third-order valence-corrected chi connectivity index (χ3v) is 4.73. The molecule has 134 valence electrons. The van der Waals surface area contributed by atoms with E-state index in [9.17, 15) is 9.18 Å². The Balaban J connectivity index is 1.66. The van der Waals surface area contributed by atoms with Gasteiger partial charge in [0, 0.05) is 24.0 Å². The van der Waals surface area contributed by atoms with E-state index in [1.165, 1.54) is 12.1 Å². The molecule has 1 amide bonds. The van der Waals surface area contributed by atoms with Crippen LogP contribution in [0.4, 0.5) is 14.9 Å². The number of nitrogens with two attached hydrogens (primary N) is 1. The molecule has 0 unspecified atom stereocenters. The number of hydrogen-bond donors (Lipinski definition) is 1. The second kappa shape index (κ2) is 6.33. The van der Waals surface area contributed by atoms with Crippen LogP contribution in [0.15, 0.2) is 42.6 Å². The highest BCUT2D eigenvalue weighted by Crippen LogP contribution is 2.30. The molecule has 1 aliphatic rings. The van der Waals surface area contributed by atoms with Crippen LogP contribution in [0, 0.1) is 12.7 Å². The Morgan fingerprint density at radius 3 is 2.81 bits per heavy atom. The quantitative estimate of drug-likeness (QED) is 0.784. The van der Waals surface area contributed by atoms with Crippen molar-refractivity contribution in [3.8, 4) is 5.69 Å². The predicted octanol–water partition coefficient (Wildman–Crippen LogP) is 3.15. The molecule has 1 saturated heterocycles. The van der Waals surface area contributed by atoms with Crippen LogP contribution in [-0.4, -0.2) is 35.1 Å². The first-order valence-corrected chi connectivity index (χ1v) is 8.46. The summed E-state index contributed by atoms with van der Waals surface area (Å²) in [5.41, 5.74) is 9.07. The number of primary amides is 1. The molecule has 0 saturated carbocycles. The molecular formula is C19H19FN4O2. The number of amides is 1. The average Bonchev–Trinajstić information content (AvgIpc) is 3.21. The number of aryl methyl sites for hydroxylation is 1. The highest BCUT2D eigenvalue weighted by Gasteiger charge is 2.26. The van der Waals surface area contributed by atoms with Gasteiger partial charge in [-0.15, -0.1) is 0 Å². The number of halogens is 1. The van der Waals surface area contributed by atoms with E-state index in [2.05, 4.69) is 22.1 Å². The van der Waals surface area contributed by atoms with Gasteiger partial charge in [0.25, 0.3) is 0 Å². The number of nitrogens with zero attached hydrogens (tertiary/aromatic N) is 3. The van der Waals surface area contributed by atoms with E-state index >= 15 is 0 Å². The smallest absolute Gasteiger partial charge is 0.404 e. The fraction of sp³-hybridized carbons (Fsp3) is 0.263. The van der Waals surface area contributed by atoms with Crippen LogP contribution in [0.1, 0.15) is 12.0 Å². The summed E-state index contributed by atoms with van der Waals surface area (Å²) >= 11 is 0. The zero-order valence-corrected chi connectivity index (χ0v) is 14.4. The topological polar surface area (TPSA) is 73.4 Å². The molecule has 1 aromatic heterocycles. The Labute approximate surface area is 150 Å². The summed E-state index contributed by atoms with van der Waals surface area (Å²) in [6, 6.07) is 10.4. The van der Waals surface area contributed by atoms with Crippen LogP contribution in [-0.2, 0) is 4.74 Å². The van der Waals surface area contributed by atoms with Crippen molar-refractivity contribution in [1.29, 1.82) is 0 Å². The average molecular weight is 354 g/mol. The molecule has 7 heteroatoms.